The first-order chi connectivity index (χ1) is 8.84. The summed E-state index contributed by atoms with van der Waals surface area (Å²) in [5, 5.41) is 3.50. The van der Waals surface area contributed by atoms with Crippen LogP contribution >= 0.6 is 12.4 Å². The van der Waals surface area contributed by atoms with E-state index >= 15 is 0 Å². The Bertz CT molecular complexity index is 337. The lowest BCUT2D eigenvalue weighted by Gasteiger charge is -2.26. The average Bonchev–Trinajstić information content (AvgIpc) is 2.42. The zero-order valence-corrected chi connectivity index (χ0v) is 12.5. The molecule has 0 aliphatic carbocycles. The third-order valence-corrected chi connectivity index (χ3v) is 3.38. The van der Waals surface area contributed by atoms with Crippen LogP contribution in [0.4, 0.5) is 0 Å². The van der Waals surface area contributed by atoms with Crippen LogP contribution in [-0.4, -0.2) is 44.3 Å². The van der Waals surface area contributed by atoms with Crippen molar-refractivity contribution in [2.75, 3.05) is 39.4 Å². The molecule has 108 valence electrons. The molecule has 0 unspecified atom stereocenters. The molecule has 0 atom stereocenters. The lowest BCUT2D eigenvalue weighted by Crippen LogP contribution is -2.37. The first-order valence-electron chi connectivity index (χ1n) is 6.91. The van der Waals surface area contributed by atoms with Crippen molar-refractivity contribution in [3.63, 3.8) is 0 Å². The summed E-state index contributed by atoms with van der Waals surface area (Å²) in [6, 6.07) is 8.74. The molecule has 1 fully saturated rings. The van der Waals surface area contributed by atoms with Crippen molar-refractivity contribution in [1.29, 1.82) is 0 Å². The number of nitrogens with zero attached hydrogens (tertiary/aromatic N) is 1. The normalized spacial score (nSPS) is 16.1. The minimum atomic E-state index is 0. The minimum Gasteiger partial charge on any atom is -0.379 e. The van der Waals surface area contributed by atoms with E-state index in [4.69, 9.17) is 4.74 Å². The van der Waals surface area contributed by atoms with Gasteiger partial charge in [-0.3, -0.25) is 4.90 Å². The quantitative estimate of drug-likeness (QED) is 0.811. The van der Waals surface area contributed by atoms with Gasteiger partial charge in [0.25, 0.3) is 0 Å². The highest BCUT2D eigenvalue weighted by molar-refractivity contribution is 5.85. The van der Waals surface area contributed by atoms with Crippen LogP contribution in [-0.2, 0) is 11.3 Å². The summed E-state index contributed by atoms with van der Waals surface area (Å²) < 4.78 is 5.34. The summed E-state index contributed by atoms with van der Waals surface area (Å²) in [7, 11) is 0. The van der Waals surface area contributed by atoms with Crippen LogP contribution in [0.1, 0.15) is 17.5 Å². The van der Waals surface area contributed by atoms with Crippen molar-refractivity contribution in [3.05, 3.63) is 35.4 Å². The Kier molecular flexibility index (Phi) is 8.07. The monoisotopic (exact) mass is 284 g/mol. The third kappa shape index (κ3) is 6.39. The largest absolute Gasteiger partial charge is 0.379 e. The van der Waals surface area contributed by atoms with E-state index in [9.17, 15) is 0 Å². The predicted molar refractivity (Wildman–Crippen MR) is 82.0 cm³/mol. The van der Waals surface area contributed by atoms with Crippen LogP contribution in [0, 0.1) is 6.92 Å². The first-order valence-corrected chi connectivity index (χ1v) is 6.91. The minimum absolute atomic E-state index is 0. The van der Waals surface area contributed by atoms with Crippen molar-refractivity contribution in [1.82, 2.24) is 10.2 Å². The number of hydrogen-bond donors (Lipinski definition) is 1. The van der Waals surface area contributed by atoms with E-state index in [1.54, 1.807) is 0 Å². The fraction of sp³-hybridized carbons (Fsp3) is 0.600. The van der Waals surface area contributed by atoms with Gasteiger partial charge in [-0.2, -0.15) is 0 Å². The van der Waals surface area contributed by atoms with Gasteiger partial charge in [-0.1, -0.05) is 29.8 Å². The lowest BCUT2D eigenvalue weighted by atomic mass is 10.1. The molecule has 19 heavy (non-hydrogen) atoms. The molecule has 1 aromatic rings. The van der Waals surface area contributed by atoms with E-state index in [-0.39, 0.29) is 12.4 Å². The van der Waals surface area contributed by atoms with Gasteiger partial charge in [0.05, 0.1) is 13.2 Å². The van der Waals surface area contributed by atoms with Crippen molar-refractivity contribution < 1.29 is 4.74 Å². The zero-order valence-electron chi connectivity index (χ0n) is 11.7. The van der Waals surface area contributed by atoms with E-state index in [1.807, 2.05) is 0 Å². The zero-order chi connectivity index (χ0) is 12.6. The Labute approximate surface area is 122 Å². The maximum absolute atomic E-state index is 5.34. The van der Waals surface area contributed by atoms with Crippen LogP contribution in [0.5, 0.6) is 0 Å². The van der Waals surface area contributed by atoms with Crippen molar-refractivity contribution in [2.45, 2.75) is 19.9 Å². The maximum Gasteiger partial charge on any atom is 0.0594 e. The standard InChI is InChI=1S/C15H24N2O.ClH/c1-14-3-5-15(6-4-14)13-16-7-2-8-17-9-11-18-12-10-17;/h3-6,16H,2,7-13H2,1H3;1H. The van der Waals surface area contributed by atoms with E-state index < -0.39 is 0 Å². The second-order valence-corrected chi connectivity index (χ2v) is 4.97. The van der Waals surface area contributed by atoms with Crippen LogP contribution < -0.4 is 5.32 Å². The molecule has 0 radical (unpaired) electrons. The Morgan fingerprint density at radius 1 is 1.16 bits per heavy atom. The van der Waals surface area contributed by atoms with E-state index in [2.05, 4.69) is 41.4 Å². The predicted octanol–water partition coefficient (Wildman–Crippen LogP) is 2.23. The smallest absolute Gasteiger partial charge is 0.0594 e. The molecule has 1 aromatic carbocycles. The lowest BCUT2D eigenvalue weighted by molar-refractivity contribution is 0.0374. The van der Waals surface area contributed by atoms with E-state index in [1.165, 1.54) is 24.1 Å². The van der Waals surface area contributed by atoms with Gasteiger partial charge >= 0.3 is 0 Å². The Balaban J connectivity index is 0.00000180. The molecule has 2 rings (SSSR count). The van der Waals surface area contributed by atoms with Gasteiger partial charge in [0.15, 0.2) is 0 Å². The van der Waals surface area contributed by atoms with Crippen molar-refractivity contribution >= 4 is 12.4 Å². The number of morpholine rings is 1. The topological polar surface area (TPSA) is 24.5 Å². The summed E-state index contributed by atoms with van der Waals surface area (Å²) >= 11 is 0. The molecule has 0 spiro atoms. The highest BCUT2D eigenvalue weighted by Crippen LogP contribution is 2.02. The molecular weight excluding hydrogens is 260 g/mol. The average molecular weight is 285 g/mol. The first kappa shape index (κ1) is 16.4. The molecule has 0 saturated carbocycles. The second-order valence-electron chi connectivity index (χ2n) is 4.97. The number of rotatable bonds is 6. The van der Waals surface area contributed by atoms with Crippen LogP contribution in [0.3, 0.4) is 0 Å². The maximum atomic E-state index is 5.34. The SMILES string of the molecule is Cc1ccc(CNCCCN2CCOCC2)cc1.Cl. The molecule has 1 aliphatic heterocycles. The van der Waals surface area contributed by atoms with Gasteiger partial charge in [0.1, 0.15) is 0 Å². The highest BCUT2D eigenvalue weighted by Gasteiger charge is 2.08. The number of ether oxygens (including phenoxy) is 1. The molecule has 0 aromatic heterocycles. The summed E-state index contributed by atoms with van der Waals surface area (Å²) in [5.41, 5.74) is 2.69. The molecule has 1 N–H and O–H groups in total. The summed E-state index contributed by atoms with van der Waals surface area (Å²) in [6.07, 6.45) is 1.21. The summed E-state index contributed by atoms with van der Waals surface area (Å²) in [6.45, 7) is 9.36. The number of halogens is 1. The van der Waals surface area contributed by atoms with Gasteiger partial charge < -0.3 is 10.1 Å². The Morgan fingerprint density at radius 2 is 1.84 bits per heavy atom. The molecule has 0 amide bonds. The van der Waals surface area contributed by atoms with Crippen LogP contribution in [0.15, 0.2) is 24.3 Å². The van der Waals surface area contributed by atoms with Crippen molar-refractivity contribution in [2.24, 2.45) is 0 Å². The molecule has 1 saturated heterocycles. The van der Waals surface area contributed by atoms with E-state index in [0.29, 0.717) is 0 Å². The van der Waals surface area contributed by atoms with Gasteiger partial charge in [0.2, 0.25) is 0 Å². The number of nitrogens with one attached hydrogen (secondary N) is 1. The van der Waals surface area contributed by atoms with Crippen LogP contribution in [0.2, 0.25) is 0 Å². The van der Waals surface area contributed by atoms with Gasteiger partial charge in [0, 0.05) is 19.6 Å². The number of hydrogen-bond acceptors (Lipinski definition) is 3. The van der Waals surface area contributed by atoms with Gasteiger partial charge in [-0.15, -0.1) is 12.4 Å². The van der Waals surface area contributed by atoms with E-state index in [0.717, 1.165) is 39.4 Å². The number of aryl methyl sites for hydroxylation is 1. The molecule has 1 heterocycles. The Morgan fingerprint density at radius 3 is 2.53 bits per heavy atom. The molecular formula is C15H25ClN2O. The molecule has 0 bridgehead atoms. The molecule has 3 nitrogen and oxygen atoms in total. The van der Waals surface area contributed by atoms with Crippen LogP contribution in [0.25, 0.3) is 0 Å². The van der Waals surface area contributed by atoms with Gasteiger partial charge in [-0.25, -0.2) is 0 Å². The summed E-state index contributed by atoms with van der Waals surface area (Å²) in [5.74, 6) is 0. The number of benzene rings is 1. The molecule has 4 heteroatoms. The second kappa shape index (κ2) is 9.32. The fourth-order valence-corrected chi connectivity index (χ4v) is 2.19. The Hall–Kier alpha value is -0.610. The van der Waals surface area contributed by atoms with Gasteiger partial charge in [-0.05, 0) is 32.0 Å². The highest BCUT2D eigenvalue weighted by atomic mass is 35.5. The fourth-order valence-electron chi connectivity index (χ4n) is 2.19. The summed E-state index contributed by atoms with van der Waals surface area (Å²) in [4.78, 5) is 2.48. The van der Waals surface area contributed by atoms with Crippen molar-refractivity contribution in [3.8, 4) is 0 Å². The molecule has 1 aliphatic rings. The third-order valence-electron chi connectivity index (χ3n) is 3.38.